The Morgan fingerprint density at radius 2 is 1.00 bits per heavy atom. The first-order valence-corrected chi connectivity index (χ1v) is 6.65. The second-order valence-corrected chi connectivity index (χ2v) is 4.93. The van der Waals surface area contributed by atoms with Crippen LogP contribution in [0.4, 0.5) is 26.3 Å². The number of alkyl halides is 6. The van der Waals surface area contributed by atoms with Crippen LogP contribution in [0.5, 0.6) is 0 Å². The third-order valence-electron chi connectivity index (χ3n) is 2.71. The van der Waals surface area contributed by atoms with Crippen LogP contribution in [-0.4, -0.2) is 17.2 Å². The van der Waals surface area contributed by atoms with E-state index in [1.54, 1.807) is 0 Å². The zero-order valence-corrected chi connectivity index (χ0v) is 12.5. The van der Waals surface area contributed by atoms with Crippen LogP contribution in [0.2, 0.25) is 5.02 Å². The number of hydrogen-bond donors (Lipinski definition) is 2. The summed E-state index contributed by atoms with van der Waals surface area (Å²) in [5.41, 5.74) is -1.45. The van der Waals surface area contributed by atoms with E-state index in [1.807, 2.05) is 0 Å². The van der Waals surface area contributed by atoms with Crippen LogP contribution in [-0.2, 0) is 12.4 Å². The minimum atomic E-state index is -4.39. The van der Waals surface area contributed by atoms with E-state index in [0.29, 0.717) is 5.02 Å². The molecule has 0 spiro atoms. The van der Waals surface area contributed by atoms with Crippen LogP contribution in [0.1, 0.15) is 11.1 Å². The van der Waals surface area contributed by atoms with Crippen LogP contribution in [0.15, 0.2) is 48.5 Å². The lowest BCUT2D eigenvalue weighted by Crippen LogP contribution is -2.29. The lowest BCUT2D eigenvalue weighted by molar-refractivity contribution is -0.138. The summed E-state index contributed by atoms with van der Waals surface area (Å²) in [5, 5.41) is 17.5. The number of benzene rings is 2. The van der Waals surface area contributed by atoms with Gasteiger partial charge in [0.05, 0.1) is 11.1 Å². The highest BCUT2D eigenvalue weighted by atomic mass is 35.5. The summed E-state index contributed by atoms with van der Waals surface area (Å²) in [7, 11) is -1.73. The van der Waals surface area contributed by atoms with Gasteiger partial charge in [0.15, 0.2) is 0 Å². The van der Waals surface area contributed by atoms with Crippen molar-refractivity contribution in [1.29, 1.82) is 0 Å². The lowest BCUT2D eigenvalue weighted by atomic mass is 9.80. The third kappa shape index (κ3) is 6.42. The molecule has 0 bridgehead atoms. The van der Waals surface area contributed by atoms with Crippen molar-refractivity contribution in [2.45, 2.75) is 12.4 Å². The van der Waals surface area contributed by atoms with Gasteiger partial charge >= 0.3 is 19.5 Å². The minimum absolute atomic E-state index is 0.0352. The van der Waals surface area contributed by atoms with Gasteiger partial charge in [0, 0.05) is 5.02 Å². The summed E-state index contributed by atoms with van der Waals surface area (Å²) in [6.45, 7) is 0. The second-order valence-electron chi connectivity index (χ2n) is 4.50. The number of rotatable bonds is 1. The van der Waals surface area contributed by atoms with Crippen molar-refractivity contribution in [3.8, 4) is 0 Å². The summed E-state index contributed by atoms with van der Waals surface area (Å²) < 4.78 is 71.6. The van der Waals surface area contributed by atoms with E-state index in [4.69, 9.17) is 21.6 Å². The first-order chi connectivity index (χ1) is 10.9. The molecule has 0 fully saturated rings. The highest BCUT2D eigenvalue weighted by Gasteiger charge is 2.30. The molecular weight excluding hydrogens is 360 g/mol. The van der Waals surface area contributed by atoms with E-state index < -0.39 is 30.6 Å². The van der Waals surface area contributed by atoms with Gasteiger partial charge in [-0.3, -0.25) is 0 Å². The quantitative estimate of drug-likeness (QED) is 0.593. The maximum Gasteiger partial charge on any atom is 0.488 e. The fourth-order valence-corrected chi connectivity index (χ4v) is 1.61. The topological polar surface area (TPSA) is 40.5 Å². The zero-order valence-electron chi connectivity index (χ0n) is 11.7. The van der Waals surface area contributed by atoms with Gasteiger partial charge in [0.2, 0.25) is 0 Å². The maximum absolute atomic E-state index is 12.0. The Hall–Kier alpha value is -1.71. The van der Waals surface area contributed by atoms with Crippen LogP contribution in [0.25, 0.3) is 0 Å². The highest BCUT2D eigenvalue weighted by Crippen LogP contribution is 2.29. The van der Waals surface area contributed by atoms with Gasteiger partial charge in [-0.1, -0.05) is 35.9 Å². The monoisotopic (exact) mass is 370 g/mol. The molecule has 10 heteroatoms. The molecule has 2 N–H and O–H groups in total. The SMILES string of the molecule is FC(F)(F)c1ccc(Cl)cc1.OB(O)c1ccc(C(F)(F)F)cc1. The Morgan fingerprint density at radius 3 is 1.29 bits per heavy atom. The first-order valence-electron chi connectivity index (χ1n) is 6.27. The molecular formula is C14H10BClF6O2. The van der Waals surface area contributed by atoms with Gasteiger partial charge in [-0.2, -0.15) is 26.3 Å². The molecule has 2 nitrogen and oxygen atoms in total. The molecule has 2 aromatic rings. The largest absolute Gasteiger partial charge is 0.488 e. The Morgan fingerprint density at radius 1 is 0.667 bits per heavy atom. The maximum atomic E-state index is 12.0. The molecule has 0 amide bonds. The zero-order chi connectivity index (χ0) is 18.5. The molecule has 0 radical (unpaired) electrons. The molecule has 2 rings (SSSR count). The minimum Gasteiger partial charge on any atom is -0.423 e. The second kappa shape index (κ2) is 7.91. The van der Waals surface area contributed by atoms with E-state index in [0.717, 1.165) is 36.4 Å². The van der Waals surface area contributed by atoms with Crippen molar-refractivity contribution in [1.82, 2.24) is 0 Å². The molecule has 0 atom stereocenters. The molecule has 24 heavy (non-hydrogen) atoms. The van der Waals surface area contributed by atoms with Crippen molar-refractivity contribution in [3.05, 3.63) is 64.7 Å². The average molecular weight is 370 g/mol. The van der Waals surface area contributed by atoms with Crippen molar-refractivity contribution >= 4 is 24.2 Å². The summed E-state index contributed by atoms with van der Waals surface area (Å²) >= 11 is 5.39. The molecule has 0 heterocycles. The molecule has 0 unspecified atom stereocenters. The van der Waals surface area contributed by atoms with Crippen molar-refractivity contribution in [2.75, 3.05) is 0 Å². The molecule has 0 saturated heterocycles. The predicted octanol–water partition coefficient (Wildman–Crippen LogP) is 3.74. The average Bonchev–Trinajstić information content (AvgIpc) is 2.46. The van der Waals surface area contributed by atoms with Gasteiger partial charge < -0.3 is 10.0 Å². The molecule has 0 aliphatic carbocycles. The highest BCUT2D eigenvalue weighted by molar-refractivity contribution is 6.58. The van der Waals surface area contributed by atoms with Gasteiger partial charge in [-0.05, 0) is 29.7 Å². The van der Waals surface area contributed by atoms with Crippen LogP contribution in [0.3, 0.4) is 0 Å². The van der Waals surface area contributed by atoms with E-state index in [2.05, 4.69) is 0 Å². The standard InChI is InChI=1S/C7H6BF3O2.C7H4ClF3/c9-7(10,11)5-1-3-6(4-2-5)8(12)13;8-6-3-1-5(2-4-6)7(9,10)11/h1-4,12-13H;1-4H. The third-order valence-corrected chi connectivity index (χ3v) is 2.96. The summed E-state index contributed by atoms with van der Waals surface area (Å²) in [4.78, 5) is 0. The normalized spacial score (nSPS) is 11.5. The van der Waals surface area contributed by atoms with Crippen molar-refractivity contribution in [2.24, 2.45) is 0 Å². The molecule has 0 saturated carbocycles. The summed E-state index contributed by atoms with van der Waals surface area (Å²) in [6.07, 6.45) is -8.66. The van der Waals surface area contributed by atoms with Gasteiger partial charge in [-0.15, -0.1) is 0 Å². The molecule has 0 aliphatic rings. The van der Waals surface area contributed by atoms with Gasteiger partial charge in [0.25, 0.3) is 0 Å². The molecule has 2 aromatic carbocycles. The first kappa shape index (κ1) is 20.3. The van der Waals surface area contributed by atoms with Gasteiger partial charge in [0.1, 0.15) is 0 Å². The van der Waals surface area contributed by atoms with E-state index in [9.17, 15) is 26.3 Å². The molecule has 0 aliphatic heterocycles. The fourth-order valence-electron chi connectivity index (χ4n) is 1.48. The van der Waals surface area contributed by atoms with E-state index in [1.165, 1.54) is 12.1 Å². The van der Waals surface area contributed by atoms with Crippen molar-refractivity contribution in [3.63, 3.8) is 0 Å². The number of hydrogen-bond acceptors (Lipinski definition) is 2. The van der Waals surface area contributed by atoms with E-state index in [-0.39, 0.29) is 5.46 Å². The fraction of sp³-hybridized carbons (Fsp3) is 0.143. The number of halogens is 7. The van der Waals surface area contributed by atoms with Crippen molar-refractivity contribution < 1.29 is 36.4 Å². The molecule has 130 valence electrons. The van der Waals surface area contributed by atoms with E-state index >= 15 is 0 Å². The lowest BCUT2D eigenvalue weighted by Gasteiger charge is -2.06. The smallest absolute Gasteiger partial charge is 0.423 e. The Kier molecular flexibility index (Phi) is 6.71. The Labute approximate surface area is 138 Å². The van der Waals surface area contributed by atoms with Gasteiger partial charge in [-0.25, -0.2) is 0 Å². The Bertz CT molecular complexity index is 638. The van der Waals surface area contributed by atoms with Crippen LogP contribution in [0, 0.1) is 0 Å². The predicted molar refractivity (Wildman–Crippen MR) is 77.7 cm³/mol. The summed E-state index contributed by atoms with van der Waals surface area (Å²) in [6, 6.07) is 7.96. The van der Waals surface area contributed by atoms with Crippen LogP contribution < -0.4 is 5.46 Å². The summed E-state index contributed by atoms with van der Waals surface area (Å²) in [5.74, 6) is 0. The van der Waals surface area contributed by atoms with Crippen LogP contribution >= 0.6 is 11.6 Å². The Balaban J connectivity index is 0.000000243. The molecule has 0 aromatic heterocycles.